The van der Waals surface area contributed by atoms with Crippen molar-refractivity contribution < 1.29 is 5.11 Å². The number of rotatable bonds is 2. The van der Waals surface area contributed by atoms with Crippen molar-refractivity contribution in [3.8, 4) is 5.75 Å². The lowest BCUT2D eigenvalue weighted by Gasteiger charge is -2.18. The van der Waals surface area contributed by atoms with Gasteiger partial charge in [-0.05, 0) is 42.5 Å². The molecule has 1 N–H and O–H groups in total. The standard InChI is InChI=1S/C16H14N2O/c1-18(13-7-9-14(19)10-8-13)16-11-6-12-4-2-3-5-15(12)17-16/h2-11,19H,1H3. The third-order valence-electron chi connectivity index (χ3n) is 3.16. The van der Waals surface area contributed by atoms with Crippen LogP contribution in [0.3, 0.4) is 0 Å². The fraction of sp³-hybridized carbons (Fsp3) is 0.0625. The van der Waals surface area contributed by atoms with Gasteiger partial charge in [0, 0.05) is 18.1 Å². The molecule has 3 aromatic rings. The van der Waals surface area contributed by atoms with Crippen molar-refractivity contribution in [2.45, 2.75) is 0 Å². The van der Waals surface area contributed by atoms with Gasteiger partial charge in [-0.1, -0.05) is 18.2 Å². The molecule has 0 radical (unpaired) electrons. The predicted octanol–water partition coefficient (Wildman–Crippen LogP) is 3.71. The zero-order valence-electron chi connectivity index (χ0n) is 10.6. The third-order valence-corrected chi connectivity index (χ3v) is 3.16. The largest absolute Gasteiger partial charge is 0.508 e. The molecule has 0 aliphatic rings. The van der Waals surface area contributed by atoms with E-state index in [4.69, 9.17) is 0 Å². The van der Waals surface area contributed by atoms with Crippen LogP contribution in [-0.4, -0.2) is 17.1 Å². The first-order chi connectivity index (χ1) is 9.24. The van der Waals surface area contributed by atoms with Crippen molar-refractivity contribution in [3.63, 3.8) is 0 Å². The van der Waals surface area contributed by atoms with E-state index in [1.54, 1.807) is 12.1 Å². The molecule has 94 valence electrons. The Bertz CT molecular complexity index is 707. The van der Waals surface area contributed by atoms with Crippen molar-refractivity contribution in [1.29, 1.82) is 0 Å². The second-order valence-corrected chi connectivity index (χ2v) is 4.44. The molecular formula is C16H14N2O. The fourth-order valence-electron chi connectivity index (χ4n) is 2.05. The highest BCUT2D eigenvalue weighted by atomic mass is 16.3. The van der Waals surface area contributed by atoms with Gasteiger partial charge in [-0.2, -0.15) is 0 Å². The summed E-state index contributed by atoms with van der Waals surface area (Å²) < 4.78 is 0. The van der Waals surface area contributed by atoms with Gasteiger partial charge < -0.3 is 10.0 Å². The maximum Gasteiger partial charge on any atom is 0.133 e. The van der Waals surface area contributed by atoms with Crippen LogP contribution in [0.25, 0.3) is 10.9 Å². The average Bonchev–Trinajstić information content (AvgIpc) is 2.47. The molecule has 0 spiro atoms. The Morgan fingerprint density at radius 2 is 1.63 bits per heavy atom. The lowest BCUT2D eigenvalue weighted by molar-refractivity contribution is 0.475. The van der Waals surface area contributed by atoms with Gasteiger partial charge in [0.15, 0.2) is 0 Å². The van der Waals surface area contributed by atoms with E-state index in [1.165, 1.54) is 0 Å². The number of nitrogens with zero attached hydrogens (tertiary/aromatic N) is 2. The van der Waals surface area contributed by atoms with E-state index >= 15 is 0 Å². The fourth-order valence-corrected chi connectivity index (χ4v) is 2.05. The lowest BCUT2D eigenvalue weighted by atomic mass is 10.2. The molecule has 1 aromatic heterocycles. The molecular weight excluding hydrogens is 236 g/mol. The number of phenolic OH excluding ortho intramolecular Hbond substituents is 1. The van der Waals surface area contributed by atoms with Crippen LogP contribution in [0.15, 0.2) is 60.7 Å². The second-order valence-electron chi connectivity index (χ2n) is 4.44. The molecule has 0 saturated carbocycles. The molecule has 2 aromatic carbocycles. The van der Waals surface area contributed by atoms with E-state index in [2.05, 4.69) is 11.1 Å². The number of aromatic nitrogens is 1. The summed E-state index contributed by atoms with van der Waals surface area (Å²) in [5.41, 5.74) is 1.96. The van der Waals surface area contributed by atoms with E-state index in [0.717, 1.165) is 22.4 Å². The second kappa shape index (κ2) is 4.61. The smallest absolute Gasteiger partial charge is 0.133 e. The number of fused-ring (bicyclic) bond motifs is 1. The number of phenols is 1. The summed E-state index contributed by atoms with van der Waals surface area (Å²) in [6.45, 7) is 0. The molecule has 0 aliphatic carbocycles. The highest BCUT2D eigenvalue weighted by Gasteiger charge is 2.06. The van der Waals surface area contributed by atoms with Gasteiger partial charge in [-0.3, -0.25) is 0 Å². The van der Waals surface area contributed by atoms with E-state index in [1.807, 2.05) is 54.4 Å². The Labute approximate surface area is 111 Å². The van der Waals surface area contributed by atoms with Gasteiger partial charge in [0.25, 0.3) is 0 Å². The maximum atomic E-state index is 9.32. The van der Waals surface area contributed by atoms with Crippen LogP contribution in [0.2, 0.25) is 0 Å². The molecule has 19 heavy (non-hydrogen) atoms. The number of anilines is 2. The monoisotopic (exact) mass is 250 g/mol. The summed E-state index contributed by atoms with van der Waals surface area (Å²) in [6.07, 6.45) is 0. The van der Waals surface area contributed by atoms with E-state index in [0.29, 0.717) is 0 Å². The summed E-state index contributed by atoms with van der Waals surface area (Å²) >= 11 is 0. The van der Waals surface area contributed by atoms with Crippen molar-refractivity contribution in [1.82, 2.24) is 4.98 Å². The van der Waals surface area contributed by atoms with Crippen LogP contribution in [0, 0.1) is 0 Å². The molecule has 0 unspecified atom stereocenters. The molecule has 0 atom stereocenters. The zero-order valence-corrected chi connectivity index (χ0v) is 10.6. The molecule has 0 amide bonds. The molecule has 0 bridgehead atoms. The van der Waals surface area contributed by atoms with Crippen molar-refractivity contribution in [2.24, 2.45) is 0 Å². The van der Waals surface area contributed by atoms with Gasteiger partial charge in [0.05, 0.1) is 5.52 Å². The number of hydrogen-bond donors (Lipinski definition) is 1. The van der Waals surface area contributed by atoms with E-state index < -0.39 is 0 Å². The predicted molar refractivity (Wildman–Crippen MR) is 77.9 cm³/mol. The summed E-state index contributed by atoms with van der Waals surface area (Å²) in [7, 11) is 1.96. The van der Waals surface area contributed by atoms with Crippen molar-refractivity contribution in [2.75, 3.05) is 11.9 Å². The third kappa shape index (κ3) is 2.22. The van der Waals surface area contributed by atoms with Crippen LogP contribution in [0.5, 0.6) is 5.75 Å². The van der Waals surface area contributed by atoms with Crippen LogP contribution in [0.1, 0.15) is 0 Å². The Morgan fingerprint density at radius 3 is 2.42 bits per heavy atom. The SMILES string of the molecule is CN(c1ccc(O)cc1)c1ccc2ccccc2n1. The van der Waals surface area contributed by atoms with Crippen LogP contribution < -0.4 is 4.90 Å². The normalized spacial score (nSPS) is 10.6. The van der Waals surface area contributed by atoms with Crippen molar-refractivity contribution >= 4 is 22.4 Å². The Kier molecular flexibility index (Phi) is 2.80. The maximum absolute atomic E-state index is 9.32. The van der Waals surface area contributed by atoms with Gasteiger partial charge in [0.1, 0.15) is 11.6 Å². The quantitative estimate of drug-likeness (QED) is 0.753. The zero-order chi connectivity index (χ0) is 13.2. The Hall–Kier alpha value is -2.55. The highest BCUT2D eigenvalue weighted by molar-refractivity contribution is 5.81. The first kappa shape index (κ1) is 11.5. The van der Waals surface area contributed by atoms with Gasteiger partial charge in [-0.15, -0.1) is 0 Å². The van der Waals surface area contributed by atoms with E-state index in [-0.39, 0.29) is 5.75 Å². The summed E-state index contributed by atoms with van der Waals surface area (Å²) in [5.74, 6) is 1.15. The van der Waals surface area contributed by atoms with E-state index in [9.17, 15) is 5.11 Å². The number of hydrogen-bond acceptors (Lipinski definition) is 3. The lowest BCUT2D eigenvalue weighted by Crippen LogP contribution is -2.10. The first-order valence-corrected chi connectivity index (χ1v) is 6.12. The molecule has 3 heteroatoms. The Balaban J connectivity index is 2.01. The summed E-state index contributed by atoms with van der Waals surface area (Å²) in [6, 6.07) is 19.2. The van der Waals surface area contributed by atoms with Crippen molar-refractivity contribution in [3.05, 3.63) is 60.7 Å². The van der Waals surface area contributed by atoms with Gasteiger partial charge in [0.2, 0.25) is 0 Å². The summed E-state index contributed by atoms with van der Waals surface area (Å²) in [5, 5.41) is 10.4. The molecule has 0 aliphatic heterocycles. The minimum absolute atomic E-state index is 0.267. The van der Waals surface area contributed by atoms with Crippen LogP contribution >= 0.6 is 0 Å². The number of benzene rings is 2. The molecule has 1 heterocycles. The minimum Gasteiger partial charge on any atom is -0.508 e. The van der Waals surface area contributed by atoms with Gasteiger partial charge in [-0.25, -0.2) is 4.98 Å². The number of para-hydroxylation sites is 1. The highest BCUT2D eigenvalue weighted by Crippen LogP contribution is 2.25. The Morgan fingerprint density at radius 1 is 0.895 bits per heavy atom. The van der Waals surface area contributed by atoms with Gasteiger partial charge >= 0.3 is 0 Å². The molecule has 0 saturated heterocycles. The first-order valence-electron chi connectivity index (χ1n) is 6.12. The number of pyridine rings is 1. The molecule has 3 rings (SSSR count). The average molecular weight is 250 g/mol. The summed E-state index contributed by atoms with van der Waals surface area (Å²) in [4.78, 5) is 6.63. The van der Waals surface area contributed by atoms with Crippen LogP contribution in [0.4, 0.5) is 11.5 Å². The molecule has 0 fully saturated rings. The molecule has 3 nitrogen and oxygen atoms in total. The number of aromatic hydroxyl groups is 1. The van der Waals surface area contributed by atoms with Crippen LogP contribution in [-0.2, 0) is 0 Å². The topological polar surface area (TPSA) is 36.4 Å². The minimum atomic E-state index is 0.267.